The summed E-state index contributed by atoms with van der Waals surface area (Å²) in [6.45, 7) is 2.56. The molecule has 2 rings (SSSR count). The van der Waals surface area contributed by atoms with Crippen LogP contribution in [-0.4, -0.2) is 27.7 Å². The minimum Gasteiger partial charge on any atom is -0.335 e. The molecular formula is C13H17ClN2O. The highest BCUT2D eigenvalue weighted by Crippen LogP contribution is 2.29. The predicted molar refractivity (Wildman–Crippen MR) is 67.7 cm³/mol. The highest BCUT2D eigenvalue weighted by atomic mass is 35.5. The van der Waals surface area contributed by atoms with Gasteiger partial charge < -0.3 is 4.90 Å². The third-order valence-electron chi connectivity index (χ3n) is 3.03. The number of nitrogens with zero attached hydrogens (tertiary/aromatic N) is 2. The topological polar surface area (TPSA) is 33.2 Å². The molecule has 0 radical (unpaired) electrons. The van der Waals surface area contributed by atoms with Crippen molar-refractivity contribution in [2.75, 3.05) is 5.88 Å². The van der Waals surface area contributed by atoms with Crippen LogP contribution in [-0.2, 0) is 11.3 Å². The average Bonchev–Trinajstić information content (AvgIpc) is 3.19. The average molecular weight is 253 g/mol. The van der Waals surface area contributed by atoms with Gasteiger partial charge in [-0.1, -0.05) is 6.92 Å². The van der Waals surface area contributed by atoms with Crippen LogP contribution in [0.2, 0.25) is 0 Å². The van der Waals surface area contributed by atoms with Gasteiger partial charge in [0, 0.05) is 36.8 Å². The van der Waals surface area contributed by atoms with Crippen molar-refractivity contribution in [3.8, 4) is 0 Å². The lowest BCUT2D eigenvalue weighted by Gasteiger charge is -2.25. The molecule has 0 bridgehead atoms. The van der Waals surface area contributed by atoms with E-state index in [1.807, 2.05) is 24.0 Å². The number of pyridine rings is 1. The van der Waals surface area contributed by atoms with Crippen LogP contribution in [0.5, 0.6) is 0 Å². The van der Waals surface area contributed by atoms with Gasteiger partial charge in [-0.05, 0) is 30.5 Å². The summed E-state index contributed by atoms with van der Waals surface area (Å²) in [4.78, 5) is 18.1. The SMILES string of the molecule is CC(CCl)C(=O)N(Cc1ccncc1)C1CC1. The second-order valence-corrected chi connectivity index (χ2v) is 4.92. The number of aromatic nitrogens is 1. The van der Waals surface area contributed by atoms with E-state index < -0.39 is 0 Å². The zero-order valence-electron chi connectivity index (χ0n) is 9.97. The van der Waals surface area contributed by atoms with E-state index in [9.17, 15) is 4.79 Å². The molecule has 1 saturated carbocycles. The molecule has 1 atom stereocenters. The fourth-order valence-corrected chi connectivity index (χ4v) is 1.94. The number of hydrogen-bond donors (Lipinski definition) is 0. The van der Waals surface area contributed by atoms with Crippen molar-refractivity contribution in [3.05, 3.63) is 30.1 Å². The van der Waals surface area contributed by atoms with Gasteiger partial charge in [-0.25, -0.2) is 0 Å². The Bertz CT molecular complexity index is 378. The van der Waals surface area contributed by atoms with Crippen molar-refractivity contribution in [1.29, 1.82) is 0 Å². The maximum Gasteiger partial charge on any atom is 0.227 e. The summed E-state index contributed by atoms with van der Waals surface area (Å²) in [6, 6.07) is 4.32. The van der Waals surface area contributed by atoms with E-state index >= 15 is 0 Å². The van der Waals surface area contributed by atoms with Crippen LogP contribution in [0.4, 0.5) is 0 Å². The number of alkyl halides is 1. The number of amides is 1. The van der Waals surface area contributed by atoms with Crippen molar-refractivity contribution in [2.45, 2.75) is 32.4 Å². The Morgan fingerprint density at radius 1 is 1.53 bits per heavy atom. The zero-order valence-corrected chi connectivity index (χ0v) is 10.7. The first-order chi connectivity index (χ1) is 8.22. The van der Waals surface area contributed by atoms with Gasteiger partial charge in [0.25, 0.3) is 0 Å². The van der Waals surface area contributed by atoms with Crippen LogP contribution in [0.3, 0.4) is 0 Å². The van der Waals surface area contributed by atoms with E-state index in [1.54, 1.807) is 12.4 Å². The summed E-state index contributed by atoms with van der Waals surface area (Å²) in [5.41, 5.74) is 1.13. The van der Waals surface area contributed by atoms with E-state index in [2.05, 4.69) is 4.98 Å². The predicted octanol–water partition coefficient (Wildman–Crippen LogP) is 2.45. The molecule has 1 aliphatic carbocycles. The van der Waals surface area contributed by atoms with Crippen molar-refractivity contribution in [2.24, 2.45) is 5.92 Å². The molecule has 92 valence electrons. The van der Waals surface area contributed by atoms with Gasteiger partial charge in [-0.15, -0.1) is 11.6 Å². The van der Waals surface area contributed by atoms with Crippen LogP contribution >= 0.6 is 11.6 Å². The number of rotatable bonds is 5. The number of halogens is 1. The fraction of sp³-hybridized carbons (Fsp3) is 0.538. The second-order valence-electron chi connectivity index (χ2n) is 4.61. The molecular weight excluding hydrogens is 236 g/mol. The minimum absolute atomic E-state index is 0.0981. The van der Waals surface area contributed by atoms with Crippen molar-refractivity contribution >= 4 is 17.5 Å². The summed E-state index contributed by atoms with van der Waals surface area (Å²) >= 11 is 5.76. The third kappa shape index (κ3) is 3.19. The van der Waals surface area contributed by atoms with Gasteiger partial charge in [0.05, 0.1) is 0 Å². The first-order valence-electron chi connectivity index (χ1n) is 5.97. The molecule has 0 aliphatic heterocycles. The molecule has 1 aromatic heterocycles. The summed E-state index contributed by atoms with van der Waals surface area (Å²) in [6.07, 6.45) is 5.75. The summed E-state index contributed by atoms with van der Waals surface area (Å²) in [5, 5.41) is 0. The van der Waals surface area contributed by atoms with Crippen LogP contribution in [0.15, 0.2) is 24.5 Å². The molecule has 1 heterocycles. The van der Waals surface area contributed by atoms with Crippen molar-refractivity contribution in [1.82, 2.24) is 9.88 Å². The largest absolute Gasteiger partial charge is 0.335 e. The molecule has 1 unspecified atom stereocenters. The molecule has 0 spiro atoms. The van der Waals surface area contributed by atoms with Gasteiger partial charge in [0.1, 0.15) is 0 Å². The molecule has 0 aromatic carbocycles. The highest BCUT2D eigenvalue weighted by molar-refractivity contribution is 6.19. The Balaban J connectivity index is 2.05. The van der Waals surface area contributed by atoms with E-state index in [4.69, 9.17) is 11.6 Å². The lowest BCUT2D eigenvalue weighted by Crippen LogP contribution is -2.37. The lowest BCUT2D eigenvalue weighted by molar-refractivity contribution is -0.135. The van der Waals surface area contributed by atoms with Crippen LogP contribution < -0.4 is 0 Å². The summed E-state index contributed by atoms with van der Waals surface area (Å²) in [7, 11) is 0. The quantitative estimate of drug-likeness (QED) is 0.755. The first-order valence-corrected chi connectivity index (χ1v) is 6.51. The molecule has 1 fully saturated rings. The molecule has 1 amide bonds. The molecule has 3 nitrogen and oxygen atoms in total. The van der Waals surface area contributed by atoms with Gasteiger partial charge in [0.2, 0.25) is 5.91 Å². The Morgan fingerprint density at radius 2 is 2.18 bits per heavy atom. The van der Waals surface area contributed by atoms with Gasteiger partial charge in [-0.3, -0.25) is 9.78 Å². The van der Waals surface area contributed by atoms with Crippen LogP contribution in [0, 0.1) is 5.92 Å². The Labute approximate surface area is 107 Å². The van der Waals surface area contributed by atoms with E-state index in [1.165, 1.54) is 0 Å². The lowest BCUT2D eigenvalue weighted by atomic mass is 10.1. The Morgan fingerprint density at radius 3 is 2.71 bits per heavy atom. The molecule has 1 aliphatic rings. The number of carbonyl (C=O) groups excluding carboxylic acids is 1. The number of carbonyl (C=O) groups is 1. The smallest absolute Gasteiger partial charge is 0.227 e. The first kappa shape index (κ1) is 12.4. The third-order valence-corrected chi connectivity index (χ3v) is 3.49. The Kier molecular flexibility index (Phi) is 4.00. The zero-order chi connectivity index (χ0) is 12.3. The monoisotopic (exact) mass is 252 g/mol. The van der Waals surface area contributed by atoms with Crippen molar-refractivity contribution < 1.29 is 4.79 Å². The summed E-state index contributed by atoms with van der Waals surface area (Å²) in [5.74, 6) is 0.455. The van der Waals surface area contributed by atoms with E-state index in [0.29, 0.717) is 18.5 Å². The van der Waals surface area contributed by atoms with E-state index in [-0.39, 0.29) is 11.8 Å². The van der Waals surface area contributed by atoms with Gasteiger partial charge >= 0.3 is 0 Å². The summed E-state index contributed by atoms with van der Waals surface area (Å²) < 4.78 is 0. The molecule has 17 heavy (non-hydrogen) atoms. The number of hydrogen-bond acceptors (Lipinski definition) is 2. The Hall–Kier alpha value is -1.09. The molecule has 1 aromatic rings. The van der Waals surface area contributed by atoms with Gasteiger partial charge in [0.15, 0.2) is 0 Å². The van der Waals surface area contributed by atoms with E-state index in [0.717, 1.165) is 18.4 Å². The normalized spacial score (nSPS) is 16.6. The maximum atomic E-state index is 12.2. The molecule has 4 heteroatoms. The fourth-order valence-electron chi connectivity index (χ4n) is 1.81. The van der Waals surface area contributed by atoms with Crippen LogP contribution in [0.25, 0.3) is 0 Å². The second kappa shape index (κ2) is 5.50. The van der Waals surface area contributed by atoms with Crippen molar-refractivity contribution in [3.63, 3.8) is 0 Å². The molecule has 0 saturated heterocycles. The molecule has 0 N–H and O–H groups in total. The van der Waals surface area contributed by atoms with Crippen LogP contribution in [0.1, 0.15) is 25.3 Å². The minimum atomic E-state index is -0.0981. The standard InChI is InChI=1S/C13H17ClN2O/c1-10(8-14)13(17)16(12-2-3-12)9-11-4-6-15-7-5-11/h4-7,10,12H,2-3,8-9H2,1H3. The maximum absolute atomic E-state index is 12.2. The highest BCUT2D eigenvalue weighted by Gasteiger charge is 2.34. The van der Waals surface area contributed by atoms with Gasteiger partial charge in [-0.2, -0.15) is 0 Å².